The van der Waals surface area contributed by atoms with Crippen molar-refractivity contribution >= 4 is 23.4 Å². The fraction of sp³-hybridized carbons (Fsp3) is 0.345. The molecule has 2 atom stereocenters. The molecule has 2 unspecified atom stereocenters. The fourth-order valence-electron chi connectivity index (χ4n) is 6.12. The normalized spacial score (nSPS) is 22.0. The maximum absolute atomic E-state index is 12.3. The molecule has 3 aromatic carbocycles. The first-order valence-corrected chi connectivity index (χ1v) is 12.5. The lowest BCUT2D eigenvalue weighted by Gasteiger charge is -2.39. The van der Waals surface area contributed by atoms with E-state index in [2.05, 4.69) is 48.2 Å². The lowest BCUT2D eigenvalue weighted by Crippen LogP contribution is -2.40. The van der Waals surface area contributed by atoms with Gasteiger partial charge in [-0.2, -0.15) is 0 Å². The summed E-state index contributed by atoms with van der Waals surface area (Å²) in [7, 11) is 0. The molecule has 0 radical (unpaired) electrons. The topological polar surface area (TPSA) is 43.8 Å². The van der Waals surface area contributed by atoms with Crippen LogP contribution in [0.5, 0.6) is 0 Å². The Balaban J connectivity index is 1.38. The van der Waals surface area contributed by atoms with E-state index in [0.29, 0.717) is 29.3 Å². The summed E-state index contributed by atoms with van der Waals surface area (Å²) in [5.41, 5.74) is 5.50. The molecule has 1 N–H and O–H groups in total. The predicted molar refractivity (Wildman–Crippen MR) is 138 cm³/mol. The number of hydrogen-bond acceptors (Lipinski definition) is 2. The average molecular weight is 475 g/mol. The molecule has 0 aromatic heterocycles. The van der Waals surface area contributed by atoms with E-state index in [0.717, 1.165) is 36.4 Å². The third-order valence-electron chi connectivity index (χ3n) is 7.64. The molecule has 2 fully saturated rings. The highest BCUT2D eigenvalue weighted by Gasteiger charge is 2.43. The zero-order valence-electron chi connectivity index (χ0n) is 19.5. The maximum atomic E-state index is 12.3. The number of benzene rings is 3. The molecule has 0 spiro atoms. The van der Waals surface area contributed by atoms with E-state index in [1.54, 1.807) is 12.1 Å². The summed E-state index contributed by atoms with van der Waals surface area (Å²) in [6.45, 7) is 5.62. The second-order valence-electron chi connectivity index (χ2n) is 9.79. The Morgan fingerprint density at radius 1 is 0.941 bits per heavy atom. The zero-order valence-corrected chi connectivity index (χ0v) is 20.3. The Hall–Kier alpha value is -2.82. The molecule has 1 aliphatic heterocycles. The first-order valence-electron chi connectivity index (χ1n) is 12.1. The van der Waals surface area contributed by atoms with Crippen LogP contribution in [0.25, 0.3) is 0 Å². The van der Waals surface area contributed by atoms with Gasteiger partial charge in [0.25, 0.3) is 0 Å². The third kappa shape index (κ3) is 4.70. The Bertz CT molecular complexity index is 1130. The van der Waals surface area contributed by atoms with E-state index >= 15 is 0 Å². The Labute approximate surface area is 206 Å². The van der Waals surface area contributed by atoms with E-state index in [1.165, 1.54) is 28.9 Å². The van der Waals surface area contributed by atoms with Gasteiger partial charge in [0, 0.05) is 24.7 Å². The number of likely N-dealkylation sites (tertiary alicyclic amines) is 1. The van der Waals surface area contributed by atoms with Gasteiger partial charge in [-0.05, 0) is 78.0 Å². The van der Waals surface area contributed by atoms with Crippen LogP contribution in [0.15, 0.2) is 72.8 Å². The van der Waals surface area contributed by atoms with Crippen LogP contribution in [0.1, 0.15) is 41.0 Å². The van der Waals surface area contributed by atoms with E-state index in [9.17, 15) is 9.90 Å². The maximum Gasteiger partial charge on any atom is 0.412 e. The molecule has 1 saturated heterocycles. The van der Waals surface area contributed by atoms with Crippen LogP contribution in [0.3, 0.4) is 0 Å². The van der Waals surface area contributed by atoms with Gasteiger partial charge in [0.1, 0.15) is 0 Å². The average Bonchev–Trinajstić information content (AvgIpc) is 3.09. The quantitative estimate of drug-likeness (QED) is 0.420. The molecule has 3 aromatic rings. The monoisotopic (exact) mass is 474 g/mol. The van der Waals surface area contributed by atoms with Gasteiger partial charge in [0.05, 0.1) is 12.2 Å². The van der Waals surface area contributed by atoms with Gasteiger partial charge in [-0.25, -0.2) is 4.79 Å². The number of piperidine rings is 1. The minimum atomic E-state index is -0.934. The standard InChI is InChI=1S/C29H31ClN2O2/c1-20-26(8-5-9-27(20)32(29(33)34)17-22-10-14-25(30)15-11-22)28-23-12-13-24(28)19-31(18-23)16-21-6-3-2-4-7-21/h2-11,14-15,23-24,28H,12-13,16-19H2,1H3,(H,33,34). The summed E-state index contributed by atoms with van der Waals surface area (Å²) in [6.07, 6.45) is 1.56. The van der Waals surface area contributed by atoms with Crippen molar-refractivity contribution in [3.63, 3.8) is 0 Å². The van der Waals surface area contributed by atoms with E-state index in [-0.39, 0.29) is 0 Å². The highest BCUT2D eigenvalue weighted by Crippen LogP contribution is 2.50. The molecule has 1 aliphatic carbocycles. The summed E-state index contributed by atoms with van der Waals surface area (Å²) >= 11 is 6.02. The first-order chi connectivity index (χ1) is 16.5. The number of hydrogen-bond donors (Lipinski definition) is 1. The fourth-order valence-corrected chi connectivity index (χ4v) is 6.25. The Morgan fingerprint density at radius 3 is 2.26 bits per heavy atom. The molecule has 34 heavy (non-hydrogen) atoms. The number of amides is 1. The van der Waals surface area contributed by atoms with Gasteiger partial charge in [0.15, 0.2) is 0 Å². The second kappa shape index (κ2) is 9.81. The molecular formula is C29H31ClN2O2. The first kappa shape index (κ1) is 22.9. The van der Waals surface area contributed by atoms with Crippen LogP contribution in [0.4, 0.5) is 10.5 Å². The van der Waals surface area contributed by atoms with Crippen LogP contribution < -0.4 is 4.90 Å². The van der Waals surface area contributed by atoms with Crippen molar-refractivity contribution in [1.82, 2.24) is 4.90 Å². The van der Waals surface area contributed by atoms with Crippen molar-refractivity contribution in [3.8, 4) is 0 Å². The summed E-state index contributed by atoms with van der Waals surface area (Å²) in [5, 5.41) is 10.7. The molecule has 5 heteroatoms. The molecule has 1 amide bonds. The smallest absolute Gasteiger partial charge is 0.412 e. The van der Waals surface area contributed by atoms with Crippen molar-refractivity contribution in [1.29, 1.82) is 0 Å². The highest BCUT2D eigenvalue weighted by molar-refractivity contribution is 6.30. The van der Waals surface area contributed by atoms with Crippen LogP contribution >= 0.6 is 11.6 Å². The van der Waals surface area contributed by atoms with E-state index in [1.807, 2.05) is 24.3 Å². The van der Waals surface area contributed by atoms with Gasteiger partial charge in [-0.15, -0.1) is 0 Å². The molecule has 2 aliphatic rings. The van der Waals surface area contributed by atoms with E-state index < -0.39 is 6.09 Å². The summed E-state index contributed by atoms with van der Waals surface area (Å²) in [6, 6.07) is 24.3. The van der Waals surface area contributed by atoms with Crippen LogP contribution in [0, 0.1) is 18.8 Å². The molecule has 1 saturated carbocycles. The SMILES string of the molecule is Cc1c(C2C3CCC2CN(Cc2ccccc2)C3)cccc1N(Cc1ccc(Cl)cc1)C(=O)O. The van der Waals surface area contributed by atoms with Crippen molar-refractivity contribution in [2.75, 3.05) is 18.0 Å². The number of halogens is 1. The lowest BCUT2D eigenvalue weighted by molar-refractivity contribution is 0.138. The summed E-state index contributed by atoms with van der Waals surface area (Å²) in [4.78, 5) is 16.3. The zero-order chi connectivity index (χ0) is 23.7. The number of anilines is 1. The minimum absolute atomic E-state index is 0.305. The molecule has 176 valence electrons. The van der Waals surface area contributed by atoms with Crippen LogP contribution in [-0.4, -0.2) is 29.2 Å². The number of rotatable bonds is 6. The largest absolute Gasteiger partial charge is 0.465 e. The number of nitrogens with zero attached hydrogens (tertiary/aromatic N) is 2. The second-order valence-corrected chi connectivity index (χ2v) is 10.2. The molecular weight excluding hydrogens is 444 g/mol. The molecule has 4 nitrogen and oxygen atoms in total. The van der Waals surface area contributed by atoms with Crippen molar-refractivity contribution in [2.45, 2.75) is 38.8 Å². The van der Waals surface area contributed by atoms with E-state index in [4.69, 9.17) is 11.6 Å². The minimum Gasteiger partial charge on any atom is -0.465 e. The van der Waals surface area contributed by atoms with Crippen LogP contribution in [0.2, 0.25) is 5.02 Å². The predicted octanol–water partition coefficient (Wildman–Crippen LogP) is 6.96. The highest BCUT2D eigenvalue weighted by atomic mass is 35.5. The van der Waals surface area contributed by atoms with Crippen LogP contribution in [-0.2, 0) is 13.1 Å². The number of fused-ring (bicyclic) bond motifs is 2. The molecule has 5 rings (SSSR count). The molecule has 2 bridgehead atoms. The number of carboxylic acid groups (broad SMARTS) is 1. The Morgan fingerprint density at radius 2 is 1.62 bits per heavy atom. The third-order valence-corrected chi connectivity index (χ3v) is 7.89. The van der Waals surface area contributed by atoms with Gasteiger partial charge in [-0.1, -0.05) is 66.2 Å². The van der Waals surface area contributed by atoms with Gasteiger partial charge in [0.2, 0.25) is 0 Å². The Kier molecular flexibility index (Phi) is 6.62. The lowest BCUT2D eigenvalue weighted by atomic mass is 9.78. The summed E-state index contributed by atoms with van der Waals surface area (Å²) < 4.78 is 0. The number of carbonyl (C=O) groups is 1. The van der Waals surface area contributed by atoms with Gasteiger partial charge in [-0.3, -0.25) is 9.80 Å². The summed E-state index contributed by atoms with van der Waals surface area (Å²) in [5.74, 6) is 1.73. The molecule has 1 heterocycles. The van der Waals surface area contributed by atoms with Gasteiger partial charge >= 0.3 is 6.09 Å². The van der Waals surface area contributed by atoms with Crippen molar-refractivity contribution in [2.24, 2.45) is 11.8 Å². The van der Waals surface area contributed by atoms with Gasteiger partial charge < -0.3 is 5.11 Å². The van der Waals surface area contributed by atoms with Crippen molar-refractivity contribution < 1.29 is 9.90 Å². The van der Waals surface area contributed by atoms with Crippen molar-refractivity contribution in [3.05, 3.63) is 100 Å².